The summed E-state index contributed by atoms with van der Waals surface area (Å²) in [6.45, 7) is 0. The van der Waals surface area contributed by atoms with Gasteiger partial charge in [0.05, 0.1) is 37.5 Å². The van der Waals surface area contributed by atoms with Crippen LogP contribution in [0.5, 0.6) is 0 Å². The van der Waals surface area contributed by atoms with Gasteiger partial charge in [-0.05, 0) is 6.42 Å². The maximum atomic E-state index is 11.3. The predicted molar refractivity (Wildman–Crippen MR) is 51.0 cm³/mol. The lowest BCUT2D eigenvalue weighted by Gasteiger charge is -2.16. The molecule has 2 N–H and O–H groups in total. The van der Waals surface area contributed by atoms with Crippen molar-refractivity contribution in [2.75, 3.05) is 7.11 Å². The Morgan fingerprint density at radius 3 is 2.62 bits per heavy atom. The molecule has 0 heterocycles. The number of aliphatic hydroxyl groups excluding tert-OH is 1. The molecule has 0 saturated heterocycles. The van der Waals surface area contributed by atoms with Crippen molar-refractivity contribution in [3.8, 4) is 6.07 Å². The summed E-state index contributed by atoms with van der Waals surface area (Å²) in [5.74, 6) is -3.88. The predicted octanol–water partition coefficient (Wildman–Crippen LogP) is -0.229. The Kier molecular flexibility index (Phi) is 3.85. The number of carboxylic acid groups (broad SMARTS) is 1. The maximum absolute atomic E-state index is 11.3. The number of carbonyl (C=O) groups excluding carboxylic acids is 1. The van der Waals surface area contributed by atoms with Crippen LogP contribution in [0.15, 0.2) is 0 Å². The number of hydrogen-bond acceptors (Lipinski definition) is 5. The van der Waals surface area contributed by atoms with Crippen LogP contribution in [0.1, 0.15) is 12.8 Å². The fourth-order valence-electron chi connectivity index (χ4n) is 2.16. The first kappa shape index (κ1) is 12.5. The van der Waals surface area contributed by atoms with Crippen LogP contribution in [0, 0.1) is 29.1 Å². The third-order valence-corrected chi connectivity index (χ3v) is 2.95. The highest BCUT2D eigenvalue weighted by Crippen LogP contribution is 2.39. The van der Waals surface area contributed by atoms with E-state index in [9.17, 15) is 14.7 Å². The van der Waals surface area contributed by atoms with Crippen LogP contribution >= 0.6 is 0 Å². The molecule has 6 heteroatoms. The van der Waals surface area contributed by atoms with Gasteiger partial charge < -0.3 is 14.9 Å². The lowest BCUT2D eigenvalue weighted by atomic mass is 9.88. The van der Waals surface area contributed by atoms with Crippen molar-refractivity contribution < 1.29 is 24.5 Å². The van der Waals surface area contributed by atoms with Crippen molar-refractivity contribution in [1.29, 1.82) is 5.26 Å². The van der Waals surface area contributed by atoms with Gasteiger partial charge in [0.15, 0.2) is 0 Å². The monoisotopic (exact) mass is 227 g/mol. The molecule has 0 aromatic rings. The quantitative estimate of drug-likeness (QED) is 0.645. The Bertz CT molecular complexity index is 335. The summed E-state index contributed by atoms with van der Waals surface area (Å²) in [6, 6.07) is 1.89. The van der Waals surface area contributed by atoms with Crippen LogP contribution in [0.4, 0.5) is 0 Å². The van der Waals surface area contributed by atoms with Crippen molar-refractivity contribution >= 4 is 11.9 Å². The topological polar surface area (TPSA) is 108 Å². The summed E-state index contributed by atoms with van der Waals surface area (Å²) in [5, 5.41) is 27.2. The lowest BCUT2D eigenvalue weighted by Crippen LogP contribution is -2.25. The van der Waals surface area contributed by atoms with Gasteiger partial charge in [-0.2, -0.15) is 5.26 Å². The average molecular weight is 227 g/mol. The van der Waals surface area contributed by atoms with E-state index in [0.717, 1.165) is 0 Å². The number of carboxylic acids is 1. The molecule has 1 aliphatic carbocycles. The Balaban J connectivity index is 2.84. The average Bonchev–Trinajstić information content (AvgIpc) is 2.54. The van der Waals surface area contributed by atoms with Gasteiger partial charge in [0.1, 0.15) is 0 Å². The molecule has 0 aromatic heterocycles. The van der Waals surface area contributed by atoms with Gasteiger partial charge in [-0.25, -0.2) is 0 Å². The van der Waals surface area contributed by atoms with Crippen LogP contribution < -0.4 is 0 Å². The van der Waals surface area contributed by atoms with Crippen molar-refractivity contribution in [2.45, 2.75) is 18.9 Å². The van der Waals surface area contributed by atoms with E-state index >= 15 is 0 Å². The zero-order chi connectivity index (χ0) is 12.3. The third-order valence-electron chi connectivity index (χ3n) is 2.95. The standard InChI is InChI=1S/C10H13NO5/c1-16-10(15)6-2-8(12)5(3-9(13)14)7(6)4-11/h5-8,12H,2-3H2,1H3,(H,13,14). The Labute approximate surface area is 92.4 Å². The van der Waals surface area contributed by atoms with Crippen molar-refractivity contribution in [3.63, 3.8) is 0 Å². The molecule has 1 saturated carbocycles. The fraction of sp³-hybridized carbons (Fsp3) is 0.700. The minimum Gasteiger partial charge on any atom is -0.481 e. The van der Waals surface area contributed by atoms with Crippen LogP contribution in [-0.4, -0.2) is 35.4 Å². The van der Waals surface area contributed by atoms with E-state index < -0.39 is 35.8 Å². The highest BCUT2D eigenvalue weighted by atomic mass is 16.5. The third kappa shape index (κ3) is 2.31. The lowest BCUT2D eigenvalue weighted by molar-refractivity contribution is -0.147. The van der Waals surface area contributed by atoms with Crippen LogP contribution in [0.25, 0.3) is 0 Å². The van der Waals surface area contributed by atoms with Gasteiger partial charge in [-0.15, -0.1) is 0 Å². The molecular formula is C10H13NO5. The van der Waals surface area contributed by atoms with Crippen molar-refractivity contribution in [2.24, 2.45) is 17.8 Å². The van der Waals surface area contributed by atoms with Gasteiger partial charge in [0.2, 0.25) is 0 Å². The summed E-state index contributed by atoms with van der Waals surface area (Å²) >= 11 is 0. The normalized spacial score (nSPS) is 33.1. The maximum Gasteiger partial charge on any atom is 0.310 e. The molecule has 0 amide bonds. The molecule has 0 aliphatic heterocycles. The van der Waals surface area contributed by atoms with Crippen LogP contribution in [0.3, 0.4) is 0 Å². The molecule has 1 rings (SSSR count). The number of aliphatic carboxylic acids is 1. The minimum atomic E-state index is -1.09. The van der Waals surface area contributed by atoms with Crippen molar-refractivity contribution in [1.82, 2.24) is 0 Å². The van der Waals surface area contributed by atoms with E-state index in [1.54, 1.807) is 0 Å². The molecule has 4 atom stereocenters. The fourth-order valence-corrected chi connectivity index (χ4v) is 2.16. The van der Waals surface area contributed by atoms with Crippen molar-refractivity contribution in [3.05, 3.63) is 0 Å². The number of methoxy groups -OCH3 is 1. The summed E-state index contributed by atoms with van der Waals surface area (Å²) in [6.07, 6.45) is -1.17. The molecule has 1 aliphatic rings. The molecular weight excluding hydrogens is 214 g/mol. The number of aliphatic hydroxyl groups is 1. The number of rotatable bonds is 3. The van der Waals surface area contributed by atoms with E-state index in [-0.39, 0.29) is 12.8 Å². The minimum absolute atomic E-state index is 0.0862. The first-order valence-corrected chi connectivity index (χ1v) is 4.88. The summed E-state index contributed by atoms with van der Waals surface area (Å²) in [7, 11) is 1.20. The number of esters is 1. The second-order valence-corrected chi connectivity index (χ2v) is 3.85. The van der Waals surface area contributed by atoms with Crippen LogP contribution in [-0.2, 0) is 14.3 Å². The van der Waals surface area contributed by atoms with E-state index in [0.29, 0.717) is 0 Å². The highest BCUT2D eigenvalue weighted by Gasteiger charge is 2.47. The largest absolute Gasteiger partial charge is 0.481 e. The first-order valence-electron chi connectivity index (χ1n) is 4.88. The number of nitrogens with zero attached hydrogens (tertiary/aromatic N) is 1. The molecule has 0 bridgehead atoms. The Hall–Kier alpha value is -1.61. The summed E-state index contributed by atoms with van der Waals surface area (Å²) in [4.78, 5) is 21.9. The zero-order valence-corrected chi connectivity index (χ0v) is 8.79. The molecule has 0 spiro atoms. The summed E-state index contributed by atoms with van der Waals surface area (Å²) in [5.41, 5.74) is 0. The molecule has 4 unspecified atom stereocenters. The van der Waals surface area contributed by atoms with E-state index in [2.05, 4.69) is 4.74 Å². The van der Waals surface area contributed by atoms with E-state index in [1.807, 2.05) is 6.07 Å². The highest BCUT2D eigenvalue weighted by molar-refractivity contribution is 5.74. The molecule has 16 heavy (non-hydrogen) atoms. The van der Waals surface area contributed by atoms with Gasteiger partial charge in [0, 0.05) is 5.92 Å². The molecule has 0 aromatic carbocycles. The first-order chi connectivity index (χ1) is 7.51. The number of nitriles is 1. The van der Waals surface area contributed by atoms with E-state index in [4.69, 9.17) is 10.4 Å². The summed E-state index contributed by atoms with van der Waals surface area (Å²) < 4.78 is 4.52. The zero-order valence-electron chi connectivity index (χ0n) is 8.79. The second kappa shape index (κ2) is 4.94. The molecule has 6 nitrogen and oxygen atoms in total. The smallest absolute Gasteiger partial charge is 0.310 e. The molecule has 0 radical (unpaired) electrons. The Morgan fingerprint density at radius 2 is 2.19 bits per heavy atom. The van der Waals surface area contributed by atoms with Crippen LogP contribution in [0.2, 0.25) is 0 Å². The van der Waals surface area contributed by atoms with Gasteiger partial charge in [-0.1, -0.05) is 0 Å². The van der Waals surface area contributed by atoms with E-state index in [1.165, 1.54) is 7.11 Å². The Morgan fingerprint density at radius 1 is 1.56 bits per heavy atom. The number of carbonyl (C=O) groups is 2. The molecule has 88 valence electrons. The number of ether oxygens (including phenoxy) is 1. The number of hydrogen-bond donors (Lipinski definition) is 2. The van der Waals surface area contributed by atoms with Gasteiger partial charge >= 0.3 is 11.9 Å². The van der Waals surface area contributed by atoms with Gasteiger partial charge in [-0.3, -0.25) is 9.59 Å². The van der Waals surface area contributed by atoms with Gasteiger partial charge in [0.25, 0.3) is 0 Å². The SMILES string of the molecule is COC(=O)C1CC(O)C(CC(=O)O)C1C#N. The molecule has 1 fully saturated rings. The second-order valence-electron chi connectivity index (χ2n) is 3.85.